The van der Waals surface area contributed by atoms with E-state index in [4.69, 9.17) is 16.6 Å². The van der Waals surface area contributed by atoms with Crippen LogP contribution in [0.2, 0.25) is 5.02 Å². The first kappa shape index (κ1) is 16.1. The number of fused-ring (bicyclic) bond motifs is 3. The van der Waals surface area contributed by atoms with Crippen LogP contribution in [0.15, 0.2) is 61.1 Å². The minimum absolute atomic E-state index is 0.00757. The summed E-state index contributed by atoms with van der Waals surface area (Å²) in [7, 11) is 0. The molecule has 6 nitrogen and oxygen atoms in total. The molecule has 0 saturated carbocycles. The lowest BCUT2D eigenvalue weighted by atomic mass is 9.94. The van der Waals surface area contributed by atoms with Crippen LogP contribution in [-0.4, -0.2) is 25.1 Å². The second-order valence-corrected chi connectivity index (χ2v) is 6.98. The van der Waals surface area contributed by atoms with Gasteiger partial charge in [0.1, 0.15) is 5.65 Å². The van der Waals surface area contributed by atoms with E-state index in [9.17, 15) is 4.79 Å². The summed E-state index contributed by atoms with van der Waals surface area (Å²) < 4.78 is 3.82. The van der Waals surface area contributed by atoms with Crippen molar-refractivity contribution in [3.63, 3.8) is 0 Å². The van der Waals surface area contributed by atoms with Crippen LogP contribution in [0.4, 0.5) is 0 Å². The number of para-hydroxylation sites is 1. The lowest BCUT2D eigenvalue weighted by molar-refractivity contribution is -0.121. The Hall–Kier alpha value is -3.12. The standard InChI is InChI=1S/C20H16ClN5O/c21-15-5-1-2-6-17(15)26-12-13(10-23-26)14-9-19(27)22-11-16-20(14)25-8-4-3-7-18(25)24-16/h1-8,10,12,14H,9,11H2,(H,22,27)/t14-/m0/s1. The summed E-state index contributed by atoms with van der Waals surface area (Å²) in [4.78, 5) is 17.0. The van der Waals surface area contributed by atoms with Crippen molar-refractivity contribution in [2.24, 2.45) is 0 Å². The molecule has 0 aliphatic carbocycles. The third-order valence-corrected chi connectivity index (χ3v) is 5.24. The largest absolute Gasteiger partial charge is 0.350 e. The number of rotatable bonds is 2. The first-order chi connectivity index (χ1) is 13.2. The molecule has 0 saturated heterocycles. The molecule has 0 radical (unpaired) electrons. The maximum absolute atomic E-state index is 12.3. The fraction of sp³-hybridized carbons (Fsp3) is 0.150. The molecule has 3 aromatic heterocycles. The number of aromatic nitrogens is 4. The second kappa shape index (κ2) is 6.25. The molecular formula is C20H16ClN5O. The van der Waals surface area contributed by atoms with E-state index in [1.807, 2.05) is 54.9 Å². The van der Waals surface area contributed by atoms with Gasteiger partial charge in [-0.3, -0.25) is 4.79 Å². The van der Waals surface area contributed by atoms with Gasteiger partial charge in [-0.1, -0.05) is 29.8 Å². The molecular weight excluding hydrogens is 362 g/mol. The van der Waals surface area contributed by atoms with Crippen LogP contribution in [0.5, 0.6) is 0 Å². The van der Waals surface area contributed by atoms with Gasteiger partial charge in [-0.25, -0.2) is 9.67 Å². The summed E-state index contributed by atoms with van der Waals surface area (Å²) in [5.41, 5.74) is 4.56. The average molecular weight is 378 g/mol. The minimum Gasteiger partial charge on any atom is -0.350 e. The van der Waals surface area contributed by atoms with Gasteiger partial charge in [-0.2, -0.15) is 5.10 Å². The van der Waals surface area contributed by atoms with E-state index in [2.05, 4.69) is 14.8 Å². The minimum atomic E-state index is -0.129. The maximum Gasteiger partial charge on any atom is 0.221 e. The van der Waals surface area contributed by atoms with Crippen LogP contribution in [0, 0.1) is 0 Å². The zero-order chi connectivity index (χ0) is 18.4. The van der Waals surface area contributed by atoms with E-state index in [1.165, 1.54) is 0 Å². The molecule has 0 bridgehead atoms. The molecule has 1 aromatic carbocycles. The molecule has 134 valence electrons. The van der Waals surface area contributed by atoms with Crippen molar-refractivity contribution < 1.29 is 4.79 Å². The van der Waals surface area contributed by atoms with Gasteiger partial charge in [0.15, 0.2) is 0 Å². The quantitative estimate of drug-likeness (QED) is 0.582. The van der Waals surface area contributed by atoms with Crippen molar-refractivity contribution in [1.29, 1.82) is 0 Å². The summed E-state index contributed by atoms with van der Waals surface area (Å²) in [6, 6.07) is 13.5. The monoisotopic (exact) mass is 377 g/mol. The van der Waals surface area contributed by atoms with Crippen LogP contribution < -0.4 is 5.32 Å². The number of benzene rings is 1. The van der Waals surface area contributed by atoms with Gasteiger partial charge < -0.3 is 9.72 Å². The average Bonchev–Trinajstić information content (AvgIpc) is 3.26. The molecule has 0 unspecified atom stereocenters. The number of hydrogen-bond acceptors (Lipinski definition) is 3. The number of hydrogen-bond donors (Lipinski definition) is 1. The molecule has 0 spiro atoms. The molecule has 5 rings (SSSR count). The summed E-state index contributed by atoms with van der Waals surface area (Å²) in [5, 5.41) is 8.06. The third kappa shape index (κ3) is 2.69. The number of amides is 1. The SMILES string of the molecule is O=C1C[C@@H](c2cnn(-c3ccccc3Cl)c2)c2c(nc3ccccn23)CN1. The smallest absolute Gasteiger partial charge is 0.221 e. The fourth-order valence-electron chi connectivity index (χ4n) is 3.66. The Labute approximate surface area is 160 Å². The first-order valence-corrected chi connectivity index (χ1v) is 9.10. The molecule has 1 aliphatic rings. The Balaban J connectivity index is 1.65. The van der Waals surface area contributed by atoms with Crippen molar-refractivity contribution in [2.45, 2.75) is 18.9 Å². The highest BCUT2D eigenvalue weighted by Crippen LogP contribution is 2.33. The highest BCUT2D eigenvalue weighted by molar-refractivity contribution is 6.32. The van der Waals surface area contributed by atoms with E-state index >= 15 is 0 Å². The normalized spacial score (nSPS) is 16.8. The van der Waals surface area contributed by atoms with Crippen molar-refractivity contribution in [1.82, 2.24) is 24.5 Å². The van der Waals surface area contributed by atoms with Crippen molar-refractivity contribution in [3.8, 4) is 5.69 Å². The van der Waals surface area contributed by atoms with Crippen LogP contribution in [-0.2, 0) is 11.3 Å². The van der Waals surface area contributed by atoms with Gasteiger partial charge in [-0.15, -0.1) is 0 Å². The summed E-state index contributed by atoms with van der Waals surface area (Å²) >= 11 is 6.31. The summed E-state index contributed by atoms with van der Waals surface area (Å²) in [5.74, 6) is -0.121. The van der Waals surface area contributed by atoms with Gasteiger partial charge in [0.25, 0.3) is 0 Å². The second-order valence-electron chi connectivity index (χ2n) is 6.58. The zero-order valence-electron chi connectivity index (χ0n) is 14.3. The molecule has 1 N–H and O–H groups in total. The molecule has 27 heavy (non-hydrogen) atoms. The van der Waals surface area contributed by atoms with Gasteiger partial charge in [0.05, 0.1) is 34.8 Å². The van der Waals surface area contributed by atoms with E-state index < -0.39 is 0 Å². The molecule has 1 amide bonds. The van der Waals surface area contributed by atoms with Crippen LogP contribution in [0.1, 0.15) is 29.3 Å². The number of nitrogens with one attached hydrogen (secondary N) is 1. The van der Waals surface area contributed by atoms with Gasteiger partial charge in [-0.05, 0) is 24.3 Å². The molecule has 7 heteroatoms. The Bertz CT molecular complexity index is 1160. The molecule has 4 heterocycles. The molecule has 1 aliphatic heterocycles. The van der Waals surface area contributed by atoms with Gasteiger partial charge in [0.2, 0.25) is 5.91 Å². The number of halogens is 1. The highest BCUT2D eigenvalue weighted by Gasteiger charge is 2.29. The number of pyridine rings is 1. The predicted octanol–water partition coefficient (Wildman–Crippen LogP) is 3.33. The Kier molecular flexibility index (Phi) is 3.72. The topological polar surface area (TPSA) is 64.2 Å². The van der Waals surface area contributed by atoms with Crippen molar-refractivity contribution in [3.05, 3.63) is 83.0 Å². The highest BCUT2D eigenvalue weighted by atomic mass is 35.5. The van der Waals surface area contributed by atoms with Gasteiger partial charge >= 0.3 is 0 Å². The third-order valence-electron chi connectivity index (χ3n) is 4.92. The molecule has 0 fully saturated rings. The van der Waals surface area contributed by atoms with E-state index in [0.717, 1.165) is 28.3 Å². The summed E-state index contributed by atoms with van der Waals surface area (Å²) in [6.07, 6.45) is 6.08. The Morgan fingerprint density at radius 1 is 1.15 bits per heavy atom. The van der Waals surface area contributed by atoms with Crippen molar-refractivity contribution >= 4 is 23.2 Å². The van der Waals surface area contributed by atoms with Crippen LogP contribution in [0.25, 0.3) is 11.3 Å². The lowest BCUT2D eigenvalue weighted by Gasteiger charge is -2.13. The Morgan fingerprint density at radius 3 is 2.89 bits per heavy atom. The van der Waals surface area contributed by atoms with E-state index in [0.29, 0.717) is 18.0 Å². The molecule has 1 atom stereocenters. The number of carbonyl (C=O) groups excluding carboxylic acids is 1. The fourth-order valence-corrected chi connectivity index (χ4v) is 3.88. The number of nitrogens with zero attached hydrogens (tertiary/aromatic N) is 4. The molecule has 4 aromatic rings. The first-order valence-electron chi connectivity index (χ1n) is 8.73. The van der Waals surface area contributed by atoms with Gasteiger partial charge in [0, 0.05) is 30.3 Å². The lowest BCUT2D eigenvalue weighted by Crippen LogP contribution is -2.21. The van der Waals surface area contributed by atoms with Crippen molar-refractivity contribution in [2.75, 3.05) is 0 Å². The maximum atomic E-state index is 12.3. The predicted molar refractivity (Wildman–Crippen MR) is 102 cm³/mol. The Morgan fingerprint density at radius 2 is 2.00 bits per heavy atom. The number of imidazole rings is 1. The number of carbonyl (C=O) groups is 1. The van der Waals surface area contributed by atoms with Crippen LogP contribution >= 0.6 is 11.6 Å². The van der Waals surface area contributed by atoms with E-state index in [-0.39, 0.29) is 11.8 Å². The van der Waals surface area contributed by atoms with Crippen LogP contribution in [0.3, 0.4) is 0 Å². The zero-order valence-corrected chi connectivity index (χ0v) is 15.1. The summed E-state index contributed by atoms with van der Waals surface area (Å²) in [6.45, 7) is 0.436. The van der Waals surface area contributed by atoms with E-state index in [1.54, 1.807) is 10.9 Å².